The number of halogens is 4. The highest BCUT2D eigenvalue weighted by molar-refractivity contribution is 7.89. The predicted octanol–water partition coefficient (Wildman–Crippen LogP) is 4.72. The van der Waals surface area contributed by atoms with Crippen molar-refractivity contribution in [2.45, 2.75) is 30.8 Å². The van der Waals surface area contributed by atoms with Crippen LogP contribution in [0.1, 0.15) is 24.0 Å². The van der Waals surface area contributed by atoms with E-state index in [0.29, 0.717) is 16.5 Å². The van der Waals surface area contributed by atoms with Gasteiger partial charge in [0.2, 0.25) is 15.9 Å². The lowest BCUT2D eigenvalue weighted by molar-refractivity contribution is -0.139. The highest BCUT2D eigenvalue weighted by Gasteiger charge is 2.40. The summed E-state index contributed by atoms with van der Waals surface area (Å²) in [6, 6.07) is 7.35. The second-order valence-electron chi connectivity index (χ2n) is 7.46. The minimum atomic E-state index is -4.79. The summed E-state index contributed by atoms with van der Waals surface area (Å²) in [7, 11) is -2.91. The zero-order valence-electron chi connectivity index (χ0n) is 17.4. The van der Waals surface area contributed by atoms with Gasteiger partial charge in [0.25, 0.3) is 0 Å². The lowest BCUT2D eigenvalue weighted by Crippen LogP contribution is -2.41. The molecule has 1 amide bonds. The molecule has 1 aliphatic heterocycles. The largest absolute Gasteiger partial charge is 0.495 e. The van der Waals surface area contributed by atoms with E-state index in [1.165, 1.54) is 13.2 Å². The average molecular weight is 491 g/mol. The van der Waals surface area contributed by atoms with Crippen molar-refractivity contribution < 1.29 is 31.1 Å². The van der Waals surface area contributed by atoms with Gasteiger partial charge >= 0.3 is 6.18 Å². The molecule has 1 aliphatic rings. The van der Waals surface area contributed by atoms with Crippen LogP contribution in [0.15, 0.2) is 41.3 Å². The molecule has 0 aliphatic carbocycles. The van der Waals surface area contributed by atoms with Gasteiger partial charge in [-0.1, -0.05) is 23.7 Å². The van der Waals surface area contributed by atoms with Crippen molar-refractivity contribution in [1.82, 2.24) is 4.31 Å². The normalized spacial score (nSPS) is 16.1. The average Bonchev–Trinajstić information content (AvgIpc) is 2.75. The maximum atomic E-state index is 13.3. The fraction of sp³-hybridized carbons (Fsp3) is 0.381. The summed E-state index contributed by atoms with van der Waals surface area (Å²) < 4.78 is 71.8. The van der Waals surface area contributed by atoms with E-state index >= 15 is 0 Å². The molecule has 3 rings (SSSR count). The van der Waals surface area contributed by atoms with Crippen molar-refractivity contribution >= 4 is 33.2 Å². The molecule has 32 heavy (non-hydrogen) atoms. The van der Waals surface area contributed by atoms with E-state index in [4.69, 9.17) is 16.3 Å². The van der Waals surface area contributed by atoms with Gasteiger partial charge in [-0.15, -0.1) is 0 Å². The number of carbonyl (C=O) groups excluding carboxylic acids is 1. The zero-order chi connectivity index (χ0) is 23.7. The van der Waals surface area contributed by atoms with Crippen LogP contribution >= 0.6 is 11.6 Å². The number of carbonyl (C=O) groups is 1. The first-order valence-corrected chi connectivity index (χ1v) is 11.6. The molecule has 0 atom stereocenters. The van der Waals surface area contributed by atoms with Crippen LogP contribution in [-0.2, 0) is 21.0 Å². The Bertz CT molecular complexity index is 1110. The van der Waals surface area contributed by atoms with Crippen LogP contribution in [0, 0.1) is 12.8 Å². The lowest BCUT2D eigenvalue weighted by Gasteiger charge is -2.31. The molecule has 11 heteroatoms. The van der Waals surface area contributed by atoms with Crippen LogP contribution in [0.5, 0.6) is 5.75 Å². The molecule has 2 aromatic carbocycles. The first-order chi connectivity index (χ1) is 14.9. The summed E-state index contributed by atoms with van der Waals surface area (Å²) in [5, 5.41) is 3.26. The Morgan fingerprint density at radius 1 is 1.19 bits per heavy atom. The van der Waals surface area contributed by atoms with Crippen LogP contribution in [0.4, 0.5) is 18.9 Å². The number of methoxy groups -OCH3 is 1. The Balaban J connectivity index is 1.72. The van der Waals surface area contributed by atoms with Crippen LogP contribution in [0.25, 0.3) is 0 Å². The summed E-state index contributed by atoms with van der Waals surface area (Å²) >= 11 is 6.07. The molecule has 0 saturated carbocycles. The molecular weight excluding hydrogens is 469 g/mol. The van der Waals surface area contributed by atoms with E-state index < -0.39 is 32.6 Å². The minimum Gasteiger partial charge on any atom is -0.495 e. The number of ether oxygens (including phenoxy) is 1. The number of alkyl halides is 3. The maximum Gasteiger partial charge on any atom is 0.417 e. The highest BCUT2D eigenvalue weighted by atomic mass is 35.5. The van der Waals surface area contributed by atoms with Crippen LogP contribution < -0.4 is 10.1 Å². The van der Waals surface area contributed by atoms with Gasteiger partial charge in [0.1, 0.15) is 5.75 Å². The monoisotopic (exact) mass is 490 g/mol. The SMILES string of the molecule is COc1cc(Cl)c(C)cc1NC(=O)C1CCN(S(=O)(=O)c2ccccc2C(F)(F)F)CC1. The number of piperidine rings is 1. The first-order valence-electron chi connectivity index (χ1n) is 9.76. The number of nitrogens with zero attached hydrogens (tertiary/aromatic N) is 1. The van der Waals surface area contributed by atoms with E-state index in [0.717, 1.165) is 28.1 Å². The Kier molecular flexibility index (Phi) is 7.06. The van der Waals surface area contributed by atoms with Gasteiger partial charge in [-0.25, -0.2) is 8.42 Å². The van der Waals surface area contributed by atoms with Gasteiger partial charge in [-0.05, 0) is 43.5 Å². The van der Waals surface area contributed by atoms with Gasteiger partial charge in [0, 0.05) is 30.1 Å². The van der Waals surface area contributed by atoms with E-state index in [1.807, 2.05) is 0 Å². The number of nitrogens with one attached hydrogen (secondary N) is 1. The van der Waals surface area contributed by atoms with E-state index in [2.05, 4.69) is 5.32 Å². The van der Waals surface area contributed by atoms with E-state index in [-0.39, 0.29) is 31.8 Å². The quantitative estimate of drug-likeness (QED) is 0.658. The molecule has 0 aromatic heterocycles. The van der Waals surface area contributed by atoms with E-state index in [1.54, 1.807) is 19.1 Å². The highest BCUT2D eigenvalue weighted by Crippen LogP contribution is 2.36. The van der Waals surface area contributed by atoms with Gasteiger partial charge in [-0.3, -0.25) is 4.79 Å². The fourth-order valence-electron chi connectivity index (χ4n) is 3.59. The first kappa shape index (κ1) is 24.3. The second kappa shape index (κ2) is 9.29. The molecule has 174 valence electrons. The van der Waals surface area contributed by atoms with Gasteiger partial charge in [0.15, 0.2) is 0 Å². The lowest BCUT2D eigenvalue weighted by atomic mass is 9.97. The molecule has 1 N–H and O–H groups in total. The van der Waals surface area contributed by atoms with E-state index in [9.17, 15) is 26.4 Å². The number of hydrogen-bond acceptors (Lipinski definition) is 4. The zero-order valence-corrected chi connectivity index (χ0v) is 18.9. The van der Waals surface area contributed by atoms with Crippen LogP contribution in [0.3, 0.4) is 0 Å². The van der Waals surface area contributed by atoms with Crippen molar-refractivity contribution in [1.29, 1.82) is 0 Å². The number of benzene rings is 2. The molecule has 1 saturated heterocycles. The number of anilines is 1. The third-order valence-corrected chi connectivity index (χ3v) is 7.74. The molecular formula is C21H22ClF3N2O4S. The Morgan fingerprint density at radius 3 is 2.41 bits per heavy atom. The number of aryl methyl sites for hydroxylation is 1. The Labute approximate surface area is 189 Å². The van der Waals surface area contributed by atoms with Crippen LogP contribution in [0.2, 0.25) is 5.02 Å². The minimum absolute atomic E-state index is 0.0661. The van der Waals surface area contributed by atoms with Gasteiger partial charge < -0.3 is 10.1 Å². The summed E-state index contributed by atoms with van der Waals surface area (Å²) in [5.41, 5.74) is -0.0226. The van der Waals surface area contributed by atoms with Gasteiger partial charge in [-0.2, -0.15) is 17.5 Å². The molecule has 0 unspecified atom stereocenters. The Hall–Kier alpha value is -2.30. The summed E-state index contributed by atoms with van der Waals surface area (Å²) in [6.07, 6.45) is -4.44. The van der Waals surface area contributed by atoms with Crippen LogP contribution in [-0.4, -0.2) is 38.8 Å². The molecule has 6 nitrogen and oxygen atoms in total. The summed E-state index contributed by atoms with van der Waals surface area (Å²) in [6.45, 7) is 1.65. The molecule has 0 spiro atoms. The number of amides is 1. The van der Waals surface area contributed by atoms with Gasteiger partial charge in [0.05, 0.1) is 23.3 Å². The second-order valence-corrected chi connectivity index (χ2v) is 9.78. The molecule has 0 radical (unpaired) electrons. The molecule has 0 bridgehead atoms. The summed E-state index contributed by atoms with van der Waals surface area (Å²) in [4.78, 5) is 11.9. The number of sulfonamides is 1. The van der Waals surface area contributed by atoms with Crippen molar-refractivity contribution in [3.63, 3.8) is 0 Å². The number of rotatable bonds is 5. The molecule has 2 aromatic rings. The fourth-order valence-corrected chi connectivity index (χ4v) is 5.42. The molecule has 1 heterocycles. The summed E-state index contributed by atoms with van der Waals surface area (Å²) in [5.74, 6) is -0.435. The maximum absolute atomic E-state index is 13.3. The smallest absolute Gasteiger partial charge is 0.417 e. The molecule has 1 fully saturated rings. The third-order valence-electron chi connectivity index (χ3n) is 5.37. The van der Waals surface area contributed by atoms with Crippen molar-refractivity contribution in [3.8, 4) is 5.75 Å². The third kappa shape index (κ3) is 5.02. The predicted molar refractivity (Wildman–Crippen MR) is 114 cm³/mol. The van der Waals surface area contributed by atoms with Crippen molar-refractivity contribution in [2.24, 2.45) is 5.92 Å². The number of hydrogen-bond donors (Lipinski definition) is 1. The van der Waals surface area contributed by atoms with Crippen molar-refractivity contribution in [2.75, 3.05) is 25.5 Å². The topological polar surface area (TPSA) is 75.7 Å². The Morgan fingerprint density at radius 2 is 1.81 bits per heavy atom. The van der Waals surface area contributed by atoms with Crippen molar-refractivity contribution in [3.05, 3.63) is 52.5 Å². The standard InChI is InChI=1S/C21H22ClF3N2O4S/c1-13-11-17(18(31-2)12-16(13)22)26-20(28)14-7-9-27(10-8-14)32(29,30)19-6-4-3-5-15(19)21(23,24)25/h3-6,11-12,14H,7-10H2,1-2H3,(H,26,28).